The number of fused-ring (bicyclic) bond motifs is 4. The number of hydrogen-bond donors (Lipinski definition) is 0. The maximum Gasteiger partial charge on any atom is 0.0340 e. The van der Waals surface area contributed by atoms with Crippen molar-refractivity contribution in [1.82, 2.24) is 0 Å². The van der Waals surface area contributed by atoms with Crippen molar-refractivity contribution in [3.05, 3.63) is 156 Å². The fourth-order valence-corrected chi connectivity index (χ4v) is 5.51. The highest BCUT2D eigenvalue weighted by molar-refractivity contribution is 6.08. The van der Waals surface area contributed by atoms with E-state index < -0.39 is 0 Å². The molecule has 0 unspecified atom stereocenters. The van der Waals surface area contributed by atoms with Gasteiger partial charge in [0.1, 0.15) is 0 Å². The van der Waals surface area contributed by atoms with Crippen molar-refractivity contribution in [3.8, 4) is 0 Å². The Kier molecular flexibility index (Phi) is 4.63. The van der Waals surface area contributed by atoms with E-state index in [9.17, 15) is 0 Å². The highest BCUT2D eigenvalue weighted by atomic mass is 14.2. The standard InChI is InChI=1S/C35H24/c1-3-9-24(10-4-1)35(25-11-5-2-6-12-25)29-16-15-28-19-33-22-31-17-26-13-7-8-14-27(26)18-32(31)23-34(33)21-30(28)20-29/h1-23,35H. The molecule has 0 fully saturated rings. The second kappa shape index (κ2) is 8.11. The lowest BCUT2D eigenvalue weighted by Crippen LogP contribution is -2.03. The molecule has 0 N–H and O–H groups in total. The van der Waals surface area contributed by atoms with Gasteiger partial charge in [-0.25, -0.2) is 0 Å². The van der Waals surface area contributed by atoms with E-state index in [1.807, 2.05) is 0 Å². The Labute approximate surface area is 205 Å². The van der Waals surface area contributed by atoms with Crippen molar-refractivity contribution < 1.29 is 0 Å². The molecule has 0 saturated heterocycles. The minimum absolute atomic E-state index is 0.209. The Bertz CT molecular complexity index is 1790. The molecule has 0 radical (unpaired) electrons. The molecule has 7 rings (SSSR count). The molecule has 0 nitrogen and oxygen atoms in total. The predicted octanol–water partition coefficient (Wildman–Crippen LogP) is 9.48. The van der Waals surface area contributed by atoms with Crippen LogP contribution in [0.5, 0.6) is 0 Å². The summed E-state index contributed by atoms with van der Waals surface area (Å²) in [5.41, 5.74) is 3.95. The molecule has 7 aromatic carbocycles. The first-order chi connectivity index (χ1) is 17.3. The van der Waals surface area contributed by atoms with Crippen molar-refractivity contribution in [2.24, 2.45) is 0 Å². The van der Waals surface area contributed by atoms with Crippen molar-refractivity contribution >= 4 is 43.1 Å². The van der Waals surface area contributed by atoms with Crippen molar-refractivity contribution in [2.45, 2.75) is 5.92 Å². The molecule has 164 valence electrons. The zero-order valence-electron chi connectivity index (χ0n) is 19.4. The third kappa shape index (κ3) is 3.55. The monoisotopic (exact) mass is 444 g/mol. The second-order valence-corrected chi connectivity index (χ2v) is 9.46. The predicted molar refractivity (Wildman–Crippen MR) is 150 cm³/mol. The summed E-state index contributed by atoms with van der Waals surface area (Å²) in [6, 6.07) is 51.2. The van der Waals surface area contributed by atoms with Crippen molar-refractivity contribution in [1.29, 1.82) is 0 Å². The molecule has 0 heteroatoms. The summed E-state index contributed by atoms with van der Waals surface area (Å²) in [4.78, 5) is 0. The third-order valence-electron chi connectivity index (χ3n) is 7.24. The summed E-state index contributed by atoms with van der Waals surface area (Å²) < 4.78 is 0. The van der Waals surface area contributed by atoms with Crippen LogP contribution in [0.25, 0.3) is 43.1 Å². The minimum atomic E-state index is 0.209. The lowest BCUT2D eigenvalue weighted by molar-refractivity contribution is 0.980. The molecule has 0 aliphatic rings. The van der Waals surface area contributed by atoms with Crippen molar-refractivity contribution in [3.63, 3.8) is 0 Å². The van der Waals surface area contributed by atoms with Gasteiger partial charge >= 0.3 is 0 Å². The first kappa shape index (κ1) is 20.0. The van der Waals surface area contributed by atoms with Crippen LogP contribution in [0.3, 0.4) is 0 Å². The van der Waals surface area contributed by atoms with Crippen LogP contribution >= 0.6 is 0 Å². The molecule has 0 amide bonds. The average Bonchev–Trinajstić information content (AvgIpc) is 2.91. The summed E-state index contributed by atoms with van der Waals surface area (Å²) >= 11 is 0. The van der Waals surface area contributed by atoms with Gasteiger partial charge in [-0.2, -0.15) is 0 Å². The fourth-order valence-electron chi connectivity index (χ4n) is 5.51. The molecule has 0 aliphatic heterocycles. The van der Waals surface area contributed by atoms with Gasteiger partial charge in [-0.15, -0.1) is 0 Å². The summed E-state index contributed by atoms with van der Waals surface area (Å²) in [6.45, 7) is 0. The number of hydrogen-bond acceptors (Lipinski definition) is 0. The van der Waals surface area contributed by atoms with Gasteiger partial charge in [-0.3, -0.25) is 0 Å². The lowest BCUT2D eigenvalue weighted by atomic mass is 9.84. The summed E-state index contributed by atoms with van der Waals surface area (Å²) in [7, 11) is 0. The van der Waals surface area contributed by atoms with Gasteiger partial charge in [0.25, 0.3) is 0 Å². The van der Waals surface area contributed by atoms with Gasteiger partial charge in [0.05, 0.1) is 0 Å². The molecule has 7 aromatic rings. The quantitative estimate of drug-likeness (QED) is 0.188. The normalized spacial score (nSPS) is 11.7. The maximum atomic E-state index is 2.38. The SMILES string of the molecule is c1ccc(C(c2ccccc2)c2ccc3cc4cc5cc6ccccc6cc5cc4cc3c2)cc1. The Morgan fingerprint density at radius 1 is 0.257 bits per heavy atom. The van der Waals surface area contributed by atoms with Crippen LogP contribution < -0.4 is 0 Å². The third-order valence-corrected chi connectivity index (χ3v) is 7.24. The molecule has 0 heterocycles. The zero-order valence-corrected chi connectivity index (χ0v) is 19.4. The molecule has 35 heavy (non-hydrogen) atoms. The van der Waals surface area contributed by atoms with Crippen LogP contribution in [0.2, 0.25) is 0 Å². The lowest BCUT2D eigenvalue weighted by Gasteiger charge is -2.19. The van der Waals surface area contributed by atoms with Crippen molar-refractivity contribution in [2.75, 3.05) is 0 Å². The summed E-state index contributed by atoms with van der Waals surface area (Å²) in [6.07, 6.45) is 0. The highest BCUT2D eigenvalue weighted by Gasteiger charge is 2.17. The highest BCUT2D eigenvalue weighted by Crippen LogP contribution is 2.35. The zero-order chi connectivity index (χ0) is 23.2. The largest absolute Gasteiger partial charge is 0.0622 e. The van der Waals surface area contributed by atoms with Gasteiger partial charge in [0.15, 0.2) is 0 Å². The summed E-state index contributed by atoms with van der Waals surface area (Å²) in [5, 5.41) is 10.3. The molecule has 0 bridgehead atoms. The molecular formula is C35H24. The van der Waals surface area contributed by atoms with E-state index in [1.54, 1.807) is 0 Å². The van der Waals surface area contributed by atoms with Crippen LogP contribution in [-0.2, 0) is 0 Å². The maximum absolute atomic E-state index is 2.38. The van der Waals surface area contributed by atoms with E-state index in [0.717, 1.165) is 0 Å². The van der Waals surface area contributed by atoms with Crippen LogP contribution in [0.4, 0.5) is 0 Å². The summed E-state index contributed by atoms with van der Waals surface area (Å²) in [5.74, 6) is 0.209. The Morgan fingerprint density at radius 2 is 0.629 bits per heavy atom. The first-order valence-electron chi connectivity index (χ1n) is 12.2. The van der Waals surface area contributed by atoms with E-state index in [1.165, 1.54) is 59.8 Å². The Morgan fingerprint density at radius 3 is 1.11 bits per heavy atom. The molecule has 0 aliphatic carbocycles. The van der Waals surface area contributed by atoms with Gasteiger partial charge in [-0.1, -0.05) is 103 Å². The van der Waals surface area contributed by atoms with E-state index in [2.05, 4.69) is 140 Å². The minimum Gasteiger partial charge on any atom is -0.0622 e. The van der Waals surface area contributed by atoms with Crippen LogP contribution in [0, 0.1) is 0 Å². The Hall–Kier alpha value is -4.42. The van der Waals surface area contributed by atoms with Crippen LogP contribution in [-0.4, -0.2) is 0 Å². The van der Waals surface area contributed by atoms with E-state index >= 15 is 0 Å². The van der Waals surface area contributed by atoms with E-state index in [0.29, 0.717) is 0 Å². The second-order valence-electron chi connectivity index (χ2n) is 9.46. The van der Waals surface area contributed by atoms with E-state index in [4.69, 9.17) is 0 Å². The molecule has 0 spiro atoms. The van der Waals surface area contributed by atoms with E-state index in [-0.39, 0.29) is 5.92 Å². The molecule has 0 saturated carbocycles. The first-order valence-corrected chi connectivity index (χ1v) is 12.2. The fraction of sp³-hybridized carbons (Fsp3) is 0.0286. The van der Waals surface area contributed by atoms with Crippen LogP contribution in [0.15, 0.2) is 140 Å². The van der Waals surface area contributed by atoms with Gasteiger partial charge in [-0.05, 0) is 96.2 Å². The van der Waals surface area contributed by atoms with Gasteiger partial charge in [0, 0.05) is 5.92 Å². The molecular weight excluding hydrogens is 420 g/mol. The van der Waals surface area contributed by atoms with Crippen LogP contribution in [0.1, 0.15) is 22.6 Å². The van der Waals surface area contributed by atoms with Gasteiger partial charge < -0.3 is 0 Å². The Balaban J connectivity index is 1.42. The number of rotatable bonds is 3. The molecule has 0 atom stereocenters. The topological polar surface area (TPSA) is 0 Å². The number of benzene rings is 7. The molecule has 0 aromatic heterocycles. The van der Waals surface area contributed by atoms with Gasteiger partial charge in [0.2, 0.25) is 0 Å². The smallest absolute Gasteiger partial charge is 0.0340 e. The average molecular weight is 445 g/mol.